The molecule has 0 saturated heterocycles. The van der Waals surface area contributed by atoms with E-state index in [0.29, 0.717) is 11.6 Å². The molecule has 5 heteroatoms. The number of para-hydroxylation sites is 1. The Labute approximate surface area is 124 Å². The van der Waals surface area contributed by atoms with Crippen molar-refractivity contribution in [3.63, 3.8) is 0 Å². The zero-order valence-corrected chi connectivity index (χ0v) is 12.3. The number of carbonyl (C=O) groups is 1. The fourth-order valence-electron chi connectivity index (χ4n) is 2.66. The maximum Gasteiger partial charge on any atom is 0.272 e. The quantitative estimate of drug-likeness (QED) is 0.668. The van der Waals surface area contributed by atoms with Gasteiger partial charge in [-0.15, -0.1) is 0 Å². The van der Waals surface area contributed by atoms with Crippen LogP contribution in [0.4, 0.5) is 5.69 Å². The molecule has 110 valence electrons. The second-order valence-electron chi connectivity index (χ2n) is 5.71. The molecule has 21 heavy (non-hydrogen) atoms. The van der Waals surface area contributed by atoms with E-state index < -0.39 is 0 Å². The predicted octanol–water partition coefficient (Wildman–Crippen LogP) is 2.39. The van der Waals surface area contributed by atoms with Crippen LogP contribution in [0.2, 0.25) is 0 Å². The third-order valence-electron chi connectivity index (χ3n) is 4.33. The van der Waals surface area contributed by atoms with Gasteiger partial charge < -0.3 is 10.3 Å². The number of amides is 1. The lowest BCUT2D eigenvalue weighted by Gasteiger charge is -2.24. The van der Waals surface area contributed by atoms with E-state index in [9.17, 15) is 4.79 Å². The molecule has 1 aromatic heterocycles. The number of anilines is 1. The van der Waals surface area contributed by atoms with Crippen LogP contribution in [0.15, 0.2) is 30.3 Å². The normalized spacial score (nSPS) is 15.8. The van der Waals surface area contributed by atoms with Gasteiger partial charge in [0.15, 0.2) is 0 Å². The summed E-state index contributed by atoms with van der Waals surface area (Å²) in [5, 5.41) is 0.912. The molecule has 1 heterocycles. The van der Waals surface area contributed by atoms with Gasteiger partial charge in [-0.3, -0.25) is 10.6 Å². The first kappa shape index (κ1) is 13.8. The van der Waals surface area contributed by atoms with E-state index in [1.807, 2.05) is 31.3 Å². The van der Waals surface area contributed by atoms with Crippen LogP contribution in [-0.2, 0) is 0 Å². The number of nitrogens with one attached hydrogen (secondary N) is 1. The third-order valence-corrected chi connectivity index (χ3v) is 4.33. The lowest BCUT2D eigenvalue weighted by molar-refractivity contribution is 0.0722. The molecular weight excluding hydrogens is 264 g/mol. The van der Waals surface area contributed by atoms with Crippen molar-refractivity contribution in [2.24, 2.45) is 11.8 Å². The number of aromatic nitrogens is 1. The fourth-order valence-corrected chi connectivity index (χ4v) is 2.66. The molecule has 0 bridgehead atoms. The Kier molecular flexibility index (Phi) is 3.51. The number of rotatable bonds is 4. The number of hydrazine groups is 1. The zero-order valence-electron chi connectivity index (χ0n) is 12.3. The molecular formula is C16H20N4O. The summed E-state index contributed by atoms with van der Waals surface area (Å²) >= 11 is 0. The molecule has 1 aromatic carbocycles. The van der Waals surface area contributed by atoms with Gasteiger partial charge in [-0.25, -0.2) is 4.98 Å². The number of hydrogen-bond donors (Lipinski definition) is 2. The van der Waals surface area contributed by atoms with Crippen molar-refractivity contribution < 1.29 is 4.79 Å². The zero-order chi connectivity index (χ0) is 15.0. The minimum atomic E-state index is -0.0587. The van der Waals surface area contributed by atoms with E-state index in [1.165, 1.54) is 12.8 Å². The van der Waals surface area contributed by atoms with Crippen LogP contribution in [0.5, 0.6) is 0 Å². The molecule has 3 rings (SSSR count). The summed E-state index contributed by atoms with van der Waals surface area (Å²) in [5.41, 5.74) is 4.57. The van der Waals surface area contributed by atoms with E-state index in [-0.39, 0.29) is 11.9 Å². The highest BCUT2D eigenvalue weighted by Crippen LogP contribution is 2.35. The van der Waals surface area contributed by atoms with Crippen LogP contribution in [0, 0.1) is 5.92 Å². The average Bonchev–Trinajstić information content (AvgIpc) is 3.36. The fraction of sp³-hybridized carbons (Fsp3) is 0.375. The van der Waals surface area contributed by atoms with Gasteiger partial charge in [0.1, 0.15) is 5.69 Å². The van der Waals surface area contributed by atoms with Crippen molar-refractivity contribution in [3.8, 4) is 0 Å². The van der Waals surface area contributed by atoms with E-state index in [0.717, 1.165) is 16.6 Å². The third kappa shape index (κ3) is 2.56. The Morgan fingerprint density at radius 1 is 1.43 bits per heavy atom. The van der Waals surface area contributed by atoms with Crippen LogP contribution in [0.25, 0.3) is 10.9 Å². The van der Waals surface area contributed by atoms with Gasteiger partial charge in [-0.1, -0.05) is 18.2 Å². The number of pyridine rings is 1. The summed E-state index contributed by atoms with van der Waals surface area (Å²) in [7, 11) is 1.84. The minimum Gasteiger partial charge on any atom is -0.337 e. The van der Waals surface area contributed by atoms with E-state index >= 15 is 0 Å². The smallest absolute Gasteiger partial charge is 0.272 e. The summed E-state index contributed by atoms with van der Waals surface area (Å²) in [6.07, 6.45) is 2.42. The number of nitrogens with zero attached hydrogens (tertiary/aromatic N) is 2. The van der Waals surface area contributed by atoms with Gasteiger partial charge in [-0.05, 0) is 37.8 Å². The summed E-state index contributed by atoms with van der Waals surface area (Å²) in [6, 6.07) is 9.62. The van der Waals surface area contributed by atoms with Gasteiger partial charge in [0.05, 0.1) is 11.2 Å². The highest BCUT2D eigenvalue weighted by atomic mass is 16.2. The maximum absolute atomic E-state index is 12.6. The monoisotopic (exact) mass is 284 g/mol. The van der Waals surface area contributed by atoms with E-state index in [1.54, 1.807) is 11.0 Å². The van der Waals surface area contributed by atoms with Crippen molar-refractivity contribution in [2.45, 2.75) is 25.8 Å². The molecule has 1 aliphatic carbocycles. The highest BCUT2D eigenvalue weighted by molar-refractivity contribution is 5.99. The molecule has 1 aliphatic rings. The number of carbonyl (C=O) groups excluding carboxylic acids is 1. The second-order valence-corrected chi connectivity index (χ2v) is 5.71. The standard InChI is InChI=1S/C16H20N4O/c1-10(11-7-8-11)20(2)16(21)15-9-14(19-17)12-5-3-4-6-13(12)18-15/h3-6,9-11H,7-8,17H2,1-2H3,(H,18,19). The summed E-state index contributed by atoms with van der Waals surface area (Å²) in [5.74, 6) is 6.15. The lowest BCUT2D eigenvalue weighted by atomic mass is 10.1. The first-order chi connectivity index (χ1) is 10.1. The Hall–Kier alpha value is -2.14. The van der Waals surface area contributed by atoms with Gasteiger partial charge >= 0.3 is 0 Å². The summed E-state index contributed by atoms with van der Waals surface area (Å²) in [4.78, 5) is 18.9. The van der Waals surface area contributed by atoms with Crippen molar-refractivity contribution >= 4 is 22.5 Å². The molecule has 3 N–H and O–H groups in total. The Morgan fingerprint density at radius 2 is 2.14 bits per heavy atom. The minimum absolute atomic E-state index is 0.0587. The molecule has 0 spiro atoms. The van der Waals surface area contributed by atoms with Crippen molar-refractivity contribution in [1.29, 1.82) is 0 Å². The largest absolute Gasteiger partial charge is 0.337 e. The average molecular weight is 284 g/mol. The maximum atomic E-state index is 12.6. The Bertz CT molecular complexity index is 681. The first-order valence-corrected chi connectivity index (χ1v) is 7.25. The topological polar surface area (TPSA) is 71.2 Å². The molecule has 2 aromatic rings. The van der Waals surface area contributed by atoms with Gasteiger partial charge in [0, 0.05) is 18.5 Å². The first-order valence-electron chi connectivity index (χ1n) is 7.25. The van der Waals surface area contributed by atoms with Gasteiger partial charge in [-0.2, -0.15) is 0 Å². The van der Waals surface area contributed by atoms with Crippen LogP contribution in [0.3, 0.4) is 0 Å². The van der Waals surface area contributed by atoms with Gasteiger partial charge in [0.2, 0.25) is 0 Å². The molecule has 1 unspecified atom stereocenters. The molecule has 1 amide bonds. The number of nitrogen functional groups attached to an aromatic ring is 1. The van der Waals surface area contributed by atoms with E-state index in [4.69, 9.17) is 5.84 Å². The van der Waals surface area contributed by atoms with E-state index in [2.05, 4.69) is 17.3 Å². The van der Waals surface area contributed by atoms with Crippen LogP contribution >= 0.6 is 0 Å². The number of benzene rings is 1. The van der Waals surface area contributed by atoms with Crippen LogP contribution in [0.1, 0.15) is 30.3 Å². The van der Waals surface area contributed by atoms with Crippen molar-refractivity contribution in [3.05, 3.63) is 36.0 Å². The van der Waals surface area contributed by atoms with Crippen LogP contribution in [-0.4, -0.2) is 28.9 Å². The van der Waals surface area contributed by atoms with Crippen molar-refractivity contribution in [1.82, 2.24) is 9.88 Å². The lowest BCUT2D eigenvalue weighted by Crippen LogP contribution is -2.36. The molecule has 1 saturated carbocycles. The Morgan fingerprint density at radius 3 is 2.81 bits per heavy atom. The highest BCUT2D eigenvalue weighted by Gasteiger charge is 2.33. The molecule has 0 aliphatic heterocycles. The molecule has 0 radical (unpaired) electrons. The molecule has 1 atom stereocenters. The number of hydrogen-bond acceptors (Lipinski definition) is 4. The Balaban J connectivity index is 1.97. The number of fused-ring (bicyclic) bond motifs is 1. The van der Waals surface area contributed by atoms with Gasteiger partial charge in [0.25, 0.3) is 5.91 Å². The molecule has 1 fully saturated rings. The van der Waals surface area contributed by atoms with Crippen molar-refractivity contribution in [2.75, 3.05) is 12.5 Å². The SMILES string of the molecule is CC(C1CC1)N(C)C(=O)c1cc(NN)c2ccccc2n1. The summed E-state index contributed by atoms with van der Waals surface area (Å²) in [6.45, 7) is 2.10. The second kappa shape index (κ2) is 5.33. The summed E-state index contributed by atoms with van der Waals surface area (Å²) < 4.78 is 0. The predicted molar refractivity (Wildman–Crippen MR) is 83.8 cm³/mol. The number of nitrogens with two attached hydrogens (primary N) is 1. The molecule has 5 nitrogen and oxygen atoms in total. The van der Waals surface area contributed by atoms with Crippen LogP contribution < -0.4 is 11.3 Å².